The molecule has 8 heteroatoms. The lowest BCUT2D eigenvalue weighted by Gasteiger charge is -2.12. The van der Waals surface area contributed by atoms with E-state index in [2.05, 4.69) is 31.2 Å². The van der Waals surface area contributed by atoms with E-state index in [4.69, 9.17) is 10.5 Å². The predicted octanol–water partition coefficient (Wildman–Crippen LogP) is 3.87. The van der Waals surface area contributed by atoms with Crippen molar-refractivity contribution in [1.82, 2.24) is 9.97 Å². The molecular formula is C16H13BrF2N4O. The molecule has 124 valence electrons. The van der Waals surface area contributed by atoms with E-state index in [-0.39, 0.29) is 12.1 Å². The Morgan fingerprint density at radius 2 is 1.96 bits per heavy atom. The van der Waals surface area contributed by atoms with Gasteiger partial charge in [0.25, 0.3) is 0 Å². The van der Waals surface area contributed by atoms with Crippen LogP contribution in [0.25, 0.3) is 11.0 Å². The van der Waals surface area contributed by atoms with E-state index in [9.17, 15) is 8.78 Å². The Bertz CT molecular complexity index is 897. The van der Waals surface area contributed by atoms with E-state index in [0.717, 1.165) is 0 Å². The summed E-state index contributed by atoms with van der Waals surface area (Å²) in [5.41, 5.74) is 7.31. The van der Waals surface area contributed by atoms with Crippen LogP contribution in [0.5, 0.6) is 5.88 Å². The van der Waals surface area contributed by atoms with Gasteiger partial charge in [0.05, 0.1) is 24.7 Å². The number of nitrogens with two attached hydrogens (primary N) is 1. The van der Waals surface area contributed by atoms with Crippen molar-refractivity contribution in [3.63, 3.8) is 0 Å². The fourth-order valence-electron chi connectivity index (χ4n) is 2.26. The van der Waals surface area contributed by atoms with Gasteiger partial charge in [-0.05, 0) is 18.2 Å². The van der Waals surface area contributed by atoms with Gasteiger partial charge in [0.15, 0.2) is 5.65 Å². The number of pyridine rings is 2. The molecule has 0 bridgehead atoms. The molecule has 0 aliphatic carbocycles. The third-order valence-corrected chi connectivity index (χ3v) is 3.97. The summed E-state index contributed by atoms with van der Waals surface area (Å²) in [5.74, 6) is -0.865. The molecule has 0 radical (unpaired) electrons. The molecule has 0 aliphatic rings. The first kappa shape index (κ1) is 16.4. The number of nitrogens with zero attached hydrogens (tertiary/aromatic N) is 2. The van der Waals surface area contributed by atoms with E-state index in [1.165, 1.54) is 25.4 Å². The maximum Gasteiger partial charge on any atom is 0.215 e. The van der Waals surface area contributed by atoms with Crippen molar-refractivity contribution in [2.45, 2.75) is 6.54 Å². The fourth-order valence-corrected chi connectivity index (χ4v) is 2.66. The monoisotopic (exact) mass is 394 g/mol. The Labute approximate surface area is 145 Å². The Hall–Kier alpha value is -2.48. The normalized spacial score (nSPS) is 10.8. The summed E-state index contributed by atoms with van der Waals surface area (Å²) in [5, 5.41) is 3.53. The average molecular weight is 395 g/mol. The average Bonchev–Trinajstić information content (AvgIpc) is 2.55. The van der Waals surface area contributed by atoms with Crippen LogP contribution in [0, 0.1) is 11.6 Å². The fraction of sp³-hybridized carbons (Fsp3) is 0.125. The minimum Gasteiger partial charge on any atom is -0.481 e. The summed E-state index contributed by atoms with van der Waals surface area (Å²) < 4.78 is 33.1. The number of methoxy groups -OCH3 is 1. The molecule has 1 aromatic carbocycles. The number of hydrogen-bond acceptors (Lipinski definition) is 5. The molecule has 0 saturated heterocycles. The van der Waals surface area contributed by atoms with Crippen molar-refractivity contribution in [2.75, 3.05) is 18.2 Å². The second-order valence-corrected chi connectivity index (χ2v) is 5.93. The number of halogens is 3. The molecule has 0 amide bonds. The summed E-state index contributed by atoms with van der Waals surface area (Å²) in [6, 6.07) is 5.81. The van der Waals surface area contributed by atoms with Gasteiger partial charge in [-0.3, -0.25) is 0 Å². The highest BCUT2D eigenvalue weighted by Crippen LogP contribution is 2.28. The van der Waals surface area contributed by atoms with Crippen LogP contribution in [0.15, 0.2) is 34.9 Å². The molecule has 0 atom stereocenters. The third-order valence-electron chi connectivity index (χ3n) is 3.52. The van der Waals surface area contributed by atoms with Gasteiger partial charge < -0.3 is 15.8 Å². The zero-order valence-electron chi connectivity index (χ0n) is 12.6. The highest BCUT2D eigenvalue weighted by molar-refractivity contribution is 9.10. The number of nitrogens with one attached hydrogen (secondary N) is 1. The van der Waals surface area contributed by atoms with Gasteiger partial charge in [-0.15, -0.1) is 0 Å². The topological polar surface area (TPSA) is 73.1 Å². The number of hydrogen-bond donors (Lipinski definition) is 2. The lowest BCUT2D eigenvalue weighted by Crippen LogP contribution is -2.07. The molecule has 0 saturated carbocycles. The molecule has 5 nitrogen and oxygen atoms in total. The molecule has 2 heterocycles. The van der Waals surface area contributed by atoms with Crippen LogP contribution in [-0.4, -0.2) is 17.1 Å². The van der Waals surface area contributed by atoms with Gasteiger partial charge >= 0.3 is 0 Å². The number of fused-ring (bicyclic) bond motifs is 1. The van der Waals surface area contributed by atoms with E-state index in [1.807, 2.05) is 0 Å². The quantitative estimate of drug-likeness (QED) is 0.702. The number of benzene rings is 1. The van der Waals surface area contributed by atoms with E-state index in [1.54, 1.807) is 12.1 Å². The predicted molar refractivity (Wildman–Crippen MR) is 91.9 cm³/mol. The third kappa shape index (κ3) is 3.09. The largest absolute Gasteiger partial charge is 0.481 e. The van der Waals surface area contributed by atoms with E-state index in [0.29, 0.717) is 32.8 Å². The minimum absolute atomic E-state index is 0.0636. The Morgan fingerprint density at radius 3 is 2.62 bits per heavy atom. The standard InChI is InChI=1S/C16H13BrF2N4O/c1-24-14-3-2-9-15(20)13(7-22-16(9)23-14)21-6-10-11(18)4-8(17)5-12(10)19/h2-5,7,21H,6H2,1H3,(H2,20,22,23). The molecule has 0 aliphatic heterocycles. The van der Waals surface area contributed by atoms with Crippen molar-refractivity contribution in [3.8, 4) is 5.88 Å². The smallest absolute Gasteiger partial charge is 0.215 e. The van der Waals surface area contributed by atoms with Gasteiger partial charge in [-0.1, -0.05) is 15.9 Å². The number of rotatable bonds is 4. The lowest BCUT2D eigenvalue weighted by molar-refractivity contribution is 0.399. The summed E-state index contributed by atoms with van der Waals surface area (Å²) in [7, 11) is 1.51. The van der Waals surface area contributed by atoms with Crippen LogP contribution in [0.3, 0.4) is 0 Å². The molecule has 24 heavy (non-hydrogen) atoms. The van der Waals surface area contributed by atoms with Crippen molar-refractivity contribution in [2.24, 2.45) is 0 Å². The molecule has 3 rings (SSSR count). The maximum absolute atomic E-state index is 13.9. The van der Waals surface area contributed by atoms with Crippen LogP contribution in [0.4, 0.5) is 20.2 Å². The van der Waals surface area contributed by atoms with Crippen molar-refractivity contribution in [3.05, 3.63) is 52.1 Å². The Morgan fingerprint density at radius 1 is 1.25 bits per heavy atom. The second-order valence-electron chi connectivity index (χ2n) is 5.01. The van der Waals surface area contributed by atoms with Gasteiger partial charge in [-0.2, -0.15) is 4.98 Å². The summed E-state index contributed by atoms with van der Waals surface area (Å²) in [4.78, 5) is 8.38. The number of anilines is 2. The van der Waals surface area contributed by atoms with Crippen LogP contribution < -0.4 is 15.8 Å². The number of aromatic nitrogens is 2. The molecule has 2 aromatic heterocycles. The summed E-state index contributed by atoms with van der Waals surface area (Å²) in [6.45, 7) is -0.0636. The minimum atomic E-state index is -0.645. The first-order valence-corrected chi connectivity index (χ1v) is 7.75. The highest BCUT2D eigenvalue weighted by atomic mass is 79.9. The zero-order valence-corrected chi connectivity index (χ0v) is 14.2. The molecule has 3 aromatic rings. The molecule has 0 spiro atoms. The second kappa shape index (κ2) is 6.56. The van der Waals surface area contributed by atoms with E-state index < -0.39 is 11.6 Å². The highest BCUT2D eigenvalue weighted by Gasteiger charge is 2.12. The summed E-state index contributed by atoms with van der Waals surface area (Å²) >= 11 is 3.05. The van der Waals surface area contributed by atoms with Crippen LogP contribution in [0.1, 0.15) is 5.56 Å². The zero-order chi connectivity index (χ0) is 17.3. The van der Waals surface area contributed by atoms with Gasteiger partial charge in [-0.25, -0.2) is 13.8 Å². The SMILES string of the molecule is COc1ccc2c(N)c(NCc3c(F)cc(Br)cc3F)cnc2n1. The van der Waals surface area contributed by atoms with Crippen molar-refractivity contribution >= 4 is 38.3 Å². The Kier molecular flexibility index (Phi) is 4.48. The van der Waals surface area contributed by atoms with Crippen LogP contribution in [-0.2, 0) is 6.54 Å². The molecule has 3 N–H and O–H groups in total. The number of ether oxygens (including phenoxy) is 1. The van der Waals surface area contributed by atoms with Gasteiger partial charge in [0, 0.05) is 28.0 Å². The van der Waals surface area contributed by atoms with Crippen molar-refractivity contribution < 1.29 is 13.5 Å². The number of nitrogen functional groups attached to an aromatic ring is 1. The molecule has 0 unspecified atom stereocenters. The first-order chi connectivity index (χ1) is 11.5. The van der Waals surface area contributed by atoms with Gasteiger partial charge in [0.2, 0.25) is 5.88 Å². The van der Waals surface area contributed by atoms with Crippen molar-refractivity contribution in [1.29, 1.82) is 0 Å². The van der Waals surface area contributed by atoms with Gasteiger partial charge in [0.1, 0.15) is 11.6 Å². The Balaban J connectivity index is 1.90. The van der Waals surface area contributed by atoms with E-state index >= 15 is 0 Å². The molecule has 0 fully saturated rings. The summed E-state index contributed by atoms with van der Waals surface area (Å²) in [6.07, 6.45) is 1.47. The van der Waals surface area contributed by atoms with Crippen LogP contribution in [0.2, 0.25) is 0 Å². The molecular weight excluding hydrogens is 382 g/mol. The maximum atomic E-state index is 13.9. The van der Waals surface area contributed by atoms with Crippen LogP contribution >= 0.6 is 15.9 Å². The first-order valence-electron chi connectivity index (χ1n) is 6.96. The lowest BCUT2D eigenvalue weighted by atomic mass is 10.2.